The molecule has 0 amide bonds. The molecule has 2 aromatic carbocycles. The molecule has 1 aliphatic carbocycles. The van der Waals surface area contributed by atoms with E-state index in [1.807, 2.05) is 61.5 Å². The molecule has 4 rings (SSSR count). The van der Waals surface area contributed by atoms with Crippen LogP contribution in [-0.2, 0) is 11.4 Å². The molecule has 0 spiro atoms. The van der Waals surface area contributed by atoms with Crippen molar-refractivity contribution in [1.82, 2.24) is 0 Å². The lowest BCUT2D eigenvalue weighted by Gasteiger charge is -2.37. The van der Waals surface area contributed by atoms with Gasteiger partial charge in [0.1, 0.15) is 12.4 Å². The number of carbonyl (C=O) groups excluding carboxylic acids is 1. The summed E-state index contributed by atoms with van der Waals surface area (Å²) < 4.78 is 5.90. The summed E-state index contributed by atoms with van der Waals surface area (Å²) in [5, 5.41) is 9.85. The first-order valence-corrected chi connectivity index (χ1v) is 10.4. The van der Waals surface area contributed by atoms with E-state index in [-0.39, 0.29) is 17.1 Å². The van der Waals surface area contributed by atoms with Crippen LogP contribution in [0.15, 0.2) is 70.9 Å². The Balaban J connectivity index is 1.62. The van der Waals surface area contributed by atoms with Crippen molar-refractivity contribution in [3.05, 3.63) is 77.0 Å². The molecule has 1 heterocycles. The summed E-state index contributed by atoms with van der Waals surface area (Å²) in [4.78, 5) is 17.7. The largest absolute Gasteiger partial charge is 0.489 e. The number of aliphatic imine (C=N–C) groups is 1. The van der Waals surface area contributed by atoms with Gasteiger partial charge < -0.3 is 4.74 Å². The Morgan fingerprint density at radius 1 is 1.10 bits per heavy atom. The molecule has 2 aliphatic rings. The van der Waals surface area contributed by atoms with E-state index in [1.54, 1.807) is 0 Å². The zero-order valence-corrected chi connectivity index (χ0v) is 17.7. The number of carbonyl (C=O) groups is 1. The Morgan fingerprint density at radius 3 is 2.47 bits per heavy atom. The van der Waals surface area contributed by atoms with Gasteiger partial charge in [-0.1, -0.05) is 56.3 Å². The molecule has 0 aromatic heterocycles. The van der Waals surface area contributed by atoms with Crippen LogP contribution < -0.4 is 4.74 Å². The zero-order valence-electron chi connectivity index (χ0n) is 17.7. The maximum absolute atomic E-state index is 13.1. The molecular formula is C26H26N2O2. The van der Waals surface area contributed by atoms with Crippen molar-refractivity contribution in [2.45, 2.75) is 46.1 Å². The maximum atomic E-state index is 13.1. The SMILES string of the molecule is CC1=NC2=C(C(=O)CC(C)(C)C2)C(c2ccc(OCc3ccccc3)cc2)C1C#N. The normalized spacial score (nSPS) is 22.7. The summed E-state index contributed by atoms with van der Waals surface area (Å²) >= 11 is 0. The molecule has 2 atom stereocenters. The molecular weight excluding hydrogens is 372 g/mol. The number of hydrogen-bond acceptors (Lipinski definition) is 4. The smallest absolute Gasteiger partial charge is 0.161 e. The van der Waals surface area contributed by atoms with Gasteiger partial charge in [0, 0.05) is 29.3 Å². The number of hydrogen-bond donors (Lipinski definition) is 0. The predicted octanol–water partition coefficient (Wildman–Crippen LogP) is 5.61. The van der Waals surface area contributed by atoms with E-state index in [9.17, 15) is 10.1 Å². The van der Waals surface area contributed by atoms with Gasteiger partial charge in [-0.25, -0.2) is 0 Å². The van der Waals surface area contributed by atoms with E-state index in [2.05, 4.69) is 24.9 Å². The molecule has 4 nitrogen and oxygen atoms in total. The van der Waals surface area contributed by atoms with E-state index in [4.69, 9.17) is 4.74 Å². The van der Waals surface area contributed by atoms with Crippen LogP contribution >= 0.6 is 0 Å². The highest BCUT2D eigenvalue weighted by molar-refractivity contribution is 6.03. The highest BCUT2D eigenvalue weighted by Gasteiger charge is 2.43. The first-order valence-electron chi connectivity index (χ1n) is 10.4. The van der Waals surface area contributed by atoms with E-state index in [0.717, 1.165) is 40.3 Å². The third-order valence-electron chi connectivity index (χ3n) is 5.93. The van der Waals surface area contributed by atoms with Gasteiger partial charge in [-0.2, -0.15) is 5.26 Å². The third-order valence-corrected chi connectivity index (χ3v) is 5.93. The third kappa shape index (κ3) is 3.93. The van der Waals surface area contributed by atoms with E-state index in [1.165, 1.54) is 0 Å². The standard InChI is InChI=1S/C26H26N2O2/c1-17-21(15-27)24(25-22(28-17)13-26(2,3)14-23(25)29)19-9-11-20(12-10-19)30-16-18-7-5-4-6-8-18/h4-12,21,24H,13-14,16H2,1-3H3. The Morgan fingerprint density at radius 2 is 1.80 bits per heavy atom. The minimum absolute atomic E-state index is 0.0984. The molecule has 0 fully saturated rings. The Hall–Kier alpha value is -3.19. The van der Waals surface area contributed by atoms with Gasteiger partial charge in [0.05, 0.1) is 12.0 Å². The topological polar surface area (TPSA) is 62.4 Å². The van der Waals surface area contributed by atoms with Crippen LogP contribution in [0.25, 0.3) is 0 Å². The maximum Gasteiger partial charge on any atom is 0.161 e. The number of ketones is 1. The summed E-state index contributed by atoms with van der Waals surface area (Å²) in [6.07, 6.45) is 1.26. The lowest BCUT2D eigenvalue weighted by atomic mass is 9.67. The molecule has 152 valence electrons. The molecule has 2 aromatic rings. The van der Waals surface area contributed by atoms with E-state index < -0.39 is 5.92 Å². The number of benzene rings is 2. The van der Waals surface area contributed by atoms with E-state index in [0.29, 0.717) is 13.0 Å². The van der Waals surface area contributed by atoms with Crippen molar-refractivity contribution in [2.75, 3.05) is 0 Å². The van der Waals surface area contributed by atoms with Crippen LogP contribution in [0.2, 0.25) is 0 Å². The number of rotatable bonds is 4. The lowest BCUT2D eigenvalue weighted by Crippen LogP contribution is -2.35. The fraction of sp³-hybridized carbons (Fsp3) is 0.346. The lowest BCUT2D eigenvalue weighted by molar-refractivity contribution is -0.118. The molecule has 0 radical (unpaired) electrons. The molecule has 0 saturated heterocycles. The molecule has 1 aliphatic heterocycles. The number of ether oxygens (including phenoxy) is 1. The molecule has 2 unspecified atom stereocenters. The van der Waals surface area contributed by atoms with Gasteiger partial charge in [0.15, 0.2) is 5.78 Å². The average molecular weight is 399 g/mol. The first-order chi connectivity index (χ1) is 14.4. The summed E-state index contributed by atoms with van der Waals surface area (Å²) in [6.45, 7) is 6.60. The van der Waals surface area contributed by atoms with Crippen LogP contribution in [0.5, 0.6) is 5.75 Å². The second kappa shape index (κ2) is 7.91. The van der Waals surface area contributed by atoms with Crippen molar-refractivity contribution in [3.63, 3.8) is 0 Å². The molecule has 0 N–H and O–H groups in total. The quantitative estimate of drug-likeness (QED) is 0.673. The number of nitrogens with zero attached hydrogens (tertiary/aromatic N) is 2. The molecule has 30 heavy (non-hydrogen) atoms. The Kier molecular flexibility index (Phi) is 5.30. The van der Waals surface area contributed by atoms with Crippen LogP contribution in [0.1, 0.15) is 50.7 Å². The number of nitriles is 1. The average Bonchev–Trinajstić information content (AvgIpc) is 2.71. The van der Waals surface area contributed by atoms with Crippen LogP contribution in [0.4, 0.5) is 0 Å². The monoisotopic (exact) mass is 398 g/mol. The van der Waals surface area contributed by atoms with Crippen molar-refractivity contribution >= 4 is 11.5 Å². The minimum Gasteiger partial charge on any atom is -0.489 e. The summed E-state index contributed by atoms with van der Waals surface area (Å²) in [5.41, 5.74) is 4.34. The molecule has 4 heteroatoms. The number of Topliss-reactive ketones (excluding diaryl/α,β-unsaturated/α-hetero) is 1. The van der Waals surface area contributed by atoms with Crippen molar-refractivity contribution in [1.29, 1.82) is 5.26 Å². The molecule has 0 saturated carbocycles. The van der Waals surface area contributed by atoms with Gasteiger partial charge in [-0.15, -0.1) is 0 Å². The van der Waals surface area contributed by atoms with E-state index >= 15 is 0 Å². The summed E-state index contributed by atoms with van der Waals surface area (Å²) in [5.74, 6) is 0.189. The van der Waals surface area contributed by atoms with Gasteiger partial charge in [-0.3, -0.25) is 9.79 Å². The fourth-order valence-corrected chi connectivity index (χ4v) is 4.48. The predicted molar refractivity (Wildman–Crippen MR) is 117 cm³/mol. The Labute approximate surface area is 177 Å². The number of allylic oxidation sites excluding steroid dienone is 2. The summed E-state index contributed by atoms with van der Waals surface area (Å²) in [6, 6.07) is 20.2. The molecule has 0 bridgehead atoms. The fourth-order valence-electron chi connectivity index (χ4n) is 4.48. The second-order valence-electron chi connectivity index (χ2n) is 8.98. The van der Waals surface area contributed by atoms with Gasteiger partial charge in [-0.05, 0) is 42.0 Å². The highest BCUT2D eigenvalue weighted by Crippen LogP contribution is 2.47. The second-order valence-corrected chi connectivity index (χ2v) is 8.98. The minimum atomic E-state index is -0.426. The van der Waals surface area contributed by atoms with Crippen LogP contribution in [0.3, 0.4) is 0 Å². The van der Waals surface area contributed by atoms with Gasteiger partial charge >= 0.3 is 0 Å². The van der Waals surface area contributed by atoms with Crippen molar-refractivity contribution in [2.24, 2.45) is 16.3 Å². The van der Waals surface area contributed by atoms with Gasteiger partial charge in [0.25, 0.3) is 0 Å². The van der Waals surface area contributed by atoms with Crippen LogP contribution in [0, 0.1) is 22.7 Å². The Bertz CT molecular complexity index is 1060. The summed E-state index contributed by atoms with van der Waals surface area (Å²) in [7, 11) is 0. The van der Waals surface area contributed by atoms with Crippen LogP contribution in [-0.4, -0.2) is 11.5 Å². The zero-order chi connectivity index (χ0) is 21.3. The van der Waals surface area contributed by atoms with Crippen molar-refractivity contribution < 1.29 is 9.53 Å². The van der Waals surface area contributed by atoms with Crippen molar-refractivity contribution in [3.8, 4) is 11.8 Å². The van der Waals surface area contributed by atoms with Gasteiger partial charge in [0.2, 0.25) is 0 Å². The first kappa shape index (κ1) is 20.1. The highest BCUT2D eigenvalue weighted by atomic mass is 16.5.